The lowest BCUT2D eigenvalue weighted by Gasteiger charge is -2.15. The van der Waals surface area contributed by atoms with Crippen LogP contribution in [0, 0.1) is 11.3 Å². The first-order chi connectivity index (χ1) is 9.55. The highest BCUT2D eigenvalue weighted by molar-refractivity contribution is 5.75. The molecule has 0 spiro atoms. The molecule has 3 N–H and O–H groups in total. The summed E-state index contributed by atoms with van der Waals surface area (Å²) in [4.78, 5) is 22.2. The third-order valence-electron chi connectivity index (χ3n) is 2.76. The first-order valence-corrected chi connectivity index (χ1v) is 6.30. The molecule has 6 heteroatoms. The highest BCUT2D eigenvalue weighted by Crippen LogP contribution is 2.03. The van der Waals surface area contributed by atoms with E-state index in [2.05, 4.69) is 10.6 Å². The van der Waals surface area contributed by atoms with Gasteiger partial charge in [0.25, 0.3) is 0 Å². The van der Waals surface area contributed by atoms with E-state index < -0.39 is 18.0 Å². The van der Waals surface area contributed by atoms with Crippen LogP contribution in [0.2, 0.25) is 0 Å². The number of carbonyl (C=O) groups excluding carboxylic acids is 1. The van der Waals surface area contributed by atoms with E-state index in [4.69, 9.17) is 10.4 Å². The Morgan fingerprint density at radius 1 is 1.45 bits per heavy atom. The monoisotopic (exact) mass is 275 g/mol. The number of carboxylic acid groups (broad SMARTS) is 1. The number of rotatable bonds is 6. The Balaban J connectivity index is 2.46. The lowest BCUT2D eigenvalue weighted by molar-refractivity contribution is -0.137. The van der Waals surface area contributed by atoms with Gasteiger partial charge in [-0.1, -0.05) is 19.1 Å². The summed E-state index contributed by atoms with van der Waals surface area (Å²) in [6.07, 6.45) is 0.442. The maximum atomic E-state index is 11.6. The van der Waals surface area contributed by atoms with Gasteiger partial charge in [0.1, 0.15) is 0 Å². The zero-order chi connectivity index (χ0) is 15.0. The second-order valence-electron chi connectivity index (χ2n) is 4.34. The predicted molar refractivity (Wildman–Crippen MR) is 72.9 cm³/mol. The molecule has 1 unspecified atom stereocenters. The number of nitrogens with zero attached hydrogens (tertiary/aromatic N) is 1. The van der Waals surface area contributed by atoms with Crippen molar-refractivity contribution in [1.82, 2.24) is 10.6 Å². The molecular formula is C14H17N3O3. The SMILES string of the molecule is CCC(CC(=O)O)NC(=O)NCc1cccc(C#N)c1. The third kappa shape index (κ3) is 5.40. The van der Waals surface area contributed by atoms with Crippen molar-refractivity contribution in [2.75, 3.05) is 0 Å². The summed E-state index contributed by atoms with van der Waals surface area (Å²) >= 11 is 0. The van der Waals surface area contributed by atoms with Gasteiger partial charge in [-0.2, -0.15) is 5.26 Å². The molecule has 1 rings (SSSR count). The Labute approximate surface area is 117 Å². The molecule has 106 valence electrons. The lowest BCUT2D eigenvalue weighted by Crippen LogP contribution is -2.42. The topological polar surface area (TPSA) is 102 Å². The summed E-state index contributed by atoms with van der Waals surface area (Å²) in [5.41, 5.74) is 1.34. The number of nitriles is 1. The molecule has 0 heterocycles. The first-order valence-electron chi connectivity index (χ1n) is 6.30. The number of amides is 2. The largest absolute Gasteiger partial charge is 0.481 e. The highest BCUT2D eigenvalue weighted by Gasteiger charge is 2.13. The van der Waals surface area contributed by atoms with E-state index in [1.54, 1.807) is 24.3 Å². The van der Waals surface area contributed by atoms with Crippen LogP contribution in [0.3, 0.4) is 0 Å². The van der Waals surface area contributed by atoms with Gasteiger partial charge in [-0.15, -0.1) is 0 Å². The summed E-state index contributed by atoms with van der Waals surface area (Å²) < 4.78 is 0. The third-order valence-corrected chi connectivity index (χ3v) is 2.76. The van der Waals surface area contributed by atoms with Crippen molar-refractivity contribution in [2.45, 2.75) is 32.4 Å². The van der Waals surface area contributed by atoms with Gasteiger partial charge in [-0.25, -0.2) is 4.79 Å². The Hall–Kier alpha value is -2.55. The van der Waals surface area contributed by atoms with Crippen molar-refractivity contribution >= 4 is 12.0 Å². The van der Waals surface area contributed by atoms with Crippen LogP contribution in [0.1, 0.15) is 30.9 Å². The molecule has 1 atom stereocenters. The molecule has 0 saturated carbocycles. The van der Waals surface area contributed by atoms with Gasteiger partial charge in [0.2, 0.25) is 0 Å². The second-order valence-corrected chi connectivity index (χ2v) is 4.34. The summed E-state index contributed by atoms with van der Waals surface area (Å²) in [7, 11) is 0. The number of aliphatic carboxylic acids is 1. The first kappa shape index (κ1) is 15.5. The van der Waals surface area contributed by atoms with Crippen LogP contribution in [-0.4, -0.2) is 23.1 Å². The van der Waals surface area contributed by atoms with E-state index in [-0.39, 0.29) is 13.0 Å². The Morgan fingerprint density at radius 2 is 2.20 bits per heavy atom. The van der Waals surface area contributed by atoms with E-state index in [9.17, 15) is 9.59 Å². The van der Waals surface area contributed by atoms with Crippen molar-refractivity contribution < 1.29 is 14.7 Å². The summed E-state index contributed by atoms with van der Waals surface area (Å²) in [5.74, 6) is -0.945. The van der Waals surface area contributed by atoms with E-state index in [1.165, 1.54) is 0 Å². The molecular weight excluding hydrogens is 258 g/mol. The number of hydrogen-bond acceptors (Lipinski definition) is 3. The van der Waals surface area contributed by atoms with Crippen LogP contribution < -0.4 is 10.6 Å². The van der Waals surface area contributed by atoms with Crippen molar-refractivity contribution in [3.05, 3.63) is 35.4 Å². The molecule has 1 aromatic rings. The van der Waals surface area contributed by atoms with Crippen molar-refractivity contribution in [1.29, 1.82) is 5.26 Å². The van der Waals surface area contributed by atoms with E-state index in [0.717, 1.165) is 5.56 Å². The number of nitrogens with one attached hydrogen (secondary N) is 2. The van der Waals surface area contributed by atoms with Crippen LogP contribution in [0.5, 0.6) is 0 Å². The molecule has 0 aliphatic rings. The second kappa shape index (κ2) is 7.79. The smallest absolute Gasteiger partial charge is 0.315 e. The standard InChI is InChI=1S/C14H17N3O3/c1-2-12(7-13(18)19)17-14(20)16-9-11-5-3-4-10(6-11)8-15/h3-6,12H,2,7,9H2,1H3,(H,18,19)(H2,16,17,20). The van der Waals surface area contributed by atoms with Crippen LogP contribution in [-0.2, 0) is 11.3 Å². The molecule has 0 bridgehead atoms. The van der Waals surface area contributed by atoms with Crippen LogP contribution in [0.15, 0.2) is 24.3 Å². The van der Waals surface area contributed by atoms with Gasteiger partial charge in [0.15, 0.2) is 0 Å². The van der Waals surface area contributed by atoms with Gasteiger partial charge in [-0.3, -0.25) is 4.79 Å². The zero-order valence-electron chi connectivity index (χ0n) is 11.2. The molecule has 2 amide bonds. The van der Waals surface area contributed by atoms with Crippen LogP contribution in [0.25, 0.3) is 0 Å². The Morgan fingerprint density at radius 3 is 2.80 bits per heavy atom. The molecule has 0 aliphatic carbocycles. The number of carbonyl (C=O) groups is 2. The summed E-state index contributed by atoms with van der Waals surface area (Å²) in [6.45, 7) is 2.09. The van der Waals surface area contributed by atoms with Gasteiger partial charge >= 0.3 is 12.0 Å². The number of hydrogen-bond donors (Lipinski definition) is 3. The fourth-order valence-corrected chi connectivity index (χ4v) is 1.68. The number of carboxylic acids is 1. The minimum atomic E-state index is -0.945. The van der Waals surface area contributed by atoms with E-state index in [1.807, 2.05) is 13.0 Å². The average molecular weight is 275 g/mol. The normalized spacial score (nSPS) is 11.2. The zero-order valence-corrected chi connectivity index (χ0v) is 11.2. The quantitative estimate of drug-likeness (QED) is 0.734. The molecule has 0 saturated heterocycles. The number of benzene rings is 1. The minimum absolute atomic E-state index is 0.103. The van der Waals surface area contributed by atoms with Crippen LogP contribution >= 0.6 is 0 Å². The molecule has 0 radical (unpaired) electrons. The van der Waals surface area contributed by atoms with Gasteiger partial charge in [0, 0.05) is 12.6 Å². The molecule has 0 fully saturated rings. The molecule has 1 aromatic carbocycles. The number of urea groups is 1. The predicted octanol–water partition coefficient (Wildman–Crippen LogP) is 1.61. The lowest BCUT2D eigenvalue weighted by atomic mass is 10.1. The van der Waals surface area contributed by atoms with Crippen molar-refractivity contribution in [3.63, 3.8) is 0 Å². The van der Waals surface area contributed by atoms with Crippen molar-refractivity contribution in [3.8, 4) is 6.07 Å². The van der Waals surface area contributed by atoms with E-state index >= 15 is 0 Å². The van der Waals surface area contributed by atoms with Crippen molar-refractivity contribution in [2.24, 2.45) is 0 Å². The maximum absolute atomic E-state index is 11.6. The Kier molecular flexibility index (Phi) is 6.04. The summed E-state index contributed by atoms with van der Waals surface area (Å²) in [6, 6.07) is 8.13. The van der Waals surface area contributed by atoms with Gasteiger partial charge < -0.3 is 15.7 Å². The maximum Gasteiger partial charge on any atom is 0.315 e. The Bertz CT molecular complexity index is 523. The molecule has 0 aliphatic heterocycles. The summed E-state index contributed by atoms with van der Waals surface area (Å²) in [5, 5.41) is 22.7. The fourth-order valence-electron chi connectivity index (χ4n) is 1.68. The van der Waals surface area contributed by atoms with E-state index in [0.29, 0.717) is 12.0 Å². The fraction of sp³-hybridized carbons (Fsp3) is 0.357. The molecule has 20 heavy (non-hydrogen) atoms. The average Bonchev–Trinajstić information content (AvgIpc) is 2.44. The minimum Gasteiger partial charge on any atom is -0.481 e. The van der Waals surface area contributed by atoms with Gasteiger partial charge in [-0.05, 0) is 24.1 Å². The van der Waals surface area contributed by atoms with Gasteiger partial charge in [0.05, 0.1) is 18.1 Å². The molecule has 6 nitrogen and oxygen atoms in total. The van der Waals surface area contributed by atoms with Crippen LogP contribution in [0.4, 0.5) is 4.79 Å². The molecule has 0 aromatic heterocycles. The highest BCUT2D eigenvalue weighted by atomic mass is 16.4.